The summed E-state index contributed by atoms with van der Waals surface area (Å²) in [6, 6.07) is 11.7. The SMILES string of the molecule is FC(F)(F)CN1CCC(CNc2cc(-c3ccccc3)nc3ncnn23)CC1. The second-order valence-electron chi connectivity index (χ2n) is 7.08. The topological polar surface area (TPSA) is 58.3 Å². The Labute approximate surface area is 160 Å². The number of hydrogen-bond acceptors (Lipinski definition) is 5. The third-order valence-corrected chi connectivity index (χ3v) is 5.00. The molecule has 1 aliphatic rings. The first-order chi connectivity index (χ1) is 13.5. The van der Waals surface area contributed by atoms with Crippen LogP contribution in [0.1, 0.15) is 12.8 Å². The largest absolute Gasteiger partial charge is 0.401 e. The Morgan fingerprint density at radius 3 is 2.57 bits per heavy atom. The average Bonchev–Trinajstić information content (AvgIpc) is 3.15. The number of fused-ring (bicyclic) bond motifs is 1. The molecular formula is C19H21F3N6. The van der Waals surface area contributed by atoms with Crippen LogP contribution in [0, 0.1) is 5.92 Å². The first-order valence-corrected chi connectivity index (χ1v) is 9.27. The molecule has 2 aromatic heterocycles. The van der Waals surface area contributed by atoms with Crippen LogP contribution >= 0.6 is 0 Å². The molecule has 0 bridgehead atoms. The Morgan fingerprint density at radius 2 is 1.86 bits per heavy atom. The molecule has 28 heavy (non-hydrogen) atoms. The monoisotopic (exact) mass is 390 g/mol. The summed E-state index contributed by atoms with van der Waals surface area (Å²) in [5, 5.41) is 7.61. The van der Waals surface area contributed by atoms with Gasteiger partial charge in [0, 0.05) is 18.2 Å². The van der Waals surface area contributed by atoms with Gasteiger partial charge in [0.1, 0.15) is 12.1 Å². The van der Waals surface area contributed by atoms with E-state index in [9.17, 15) is 13.2 Å². The molecular weight excluding hydrogens is 369 g/mol. The van der Waals surface area contributed by atoms with Gasteiger partial charge in [0.05, 0.1) is 12.2 Å². The van der Waals surface area contributed by atoms with Crippen LogP contribution in [0.15, 0.2) is 42.7 Å². The molecule has 1 N–H and O–H groups in total. The van der Waals surface area contributed by atoms with Crippen molar-refractivity contribution in [3.05, 3.63) is 42.7 Å². The molecule has 3 aromatic rings. The van der Waals surface area contributed by atoms with Gasteiger partial charge >= 0.3 is 6.18 Å². The predicted octanol–water partition coefficient (Wildman–Crippen LogP) is 3.48. The molecule has 1 saturated heterocycles. The molecule has 0 radical (unpaired) electrons. The van der Waals surface area contributed by atoms with Crippen molar-refractivity contribution < 1.29 is 13.2 Å². The predicted molar refractivity (Wildman–Crippen MR) is 99.9 cm³/mol. The van der Waals surface area contributed by atoms with E-state index in [0.29, 0.717) is 31.3 Å². The van der Waals surface area contributed by atoms with Crippen LogP contribution in [0.3, 0.4) is 0 Å². The van der Waals surface area contributed by atoms with Gasteiger partial charge in [-0.1, -0.05) is 30.3 Å². The molecule has 1 aromatic carbocycles. The average molecular weight is 390 g/mol. The zero-order valence-corrected chi connectivity index (χ0v) is 15.2. The minimum atomic E-state index is -4.13. The zero-order valence-electron chi connectivity index (χ0n) is 15.2. The summed E-state index contributed by atoms with van der Waals surface area (Å²) in [5.74, 6) is 1.60. The lowest BCUT2D eigenvalue weighted by atomic mass is 9.97. The molecule has 0 saturated carbocycles. The van der Waals surface area contributed by atoms with Crippen molar-refractivity contribution in [2.75, 3.05) is 31.5 Å². The number of alkyl halides is 3. The molecule has 148 valence electrons. The fourth-order valence-corrected chi connectivity index (χ4v) is 3.55. The molecule has 0 amide bonds. The molecule has 0 atom stereocenters. The maximum absolute atomic E-state index is 12.5. The van der Waals surface area contributed by atoms with Crippen molar-refractivity contribution in [2.24, 2.45) is 5.92 Å². The summed E-state index contributed by atoms with van der Waals surface area (Å²) >= 11 is 0. The molecule has 0 aliphatic carbocycles. The minimum Gasteiger partial charge on any atom is -0.370 e. The van der Waals surface area contributed by atoms with E-state index in [4.69, 9.17) is 0 Å². The number of benzene rings is 1. The lowest BCUT2D eigenvalue weighted by Crippen LogP contribution is -2.41. The van der Waals surface area contributed by atoms with Crippen molar-refractivity contribution in [2.45, 2.75) is 19.0 Å². The lowest BCUT2D eigenvalue weighted by Gasteiger charge is -2.32. The normalized spacial score (nSPS) is 16.5. The number of anilines is 1. The number of likely N-dealkylation sites (tertiary alicyclic amines) is 1. The van der Waals surface area contributed by atoms with Gasteiger partial charge in [0.15, 0.2) is 0 Å². The van der Waals surface area contributed by atoms with Crippen molar-refractivity contribution in [1.82, 2.24) is 24.5 Å². The summed E-state index contributed by atoms with van der Waals surface area (Å²) in [6.45, 7) is 0.789. The maximum Gasteiger partial charge on any atom is 0.401 e. The number of piperidine rings is 1. The minimum absolute atomic E-state index is 0.316. The number of nitrogens with zero attached hydrogens (tertiary/aromatic N) is 5. The lowest BCUT2D eigenvalue weighted by molar-refractivity contribution is -0.148. The van der Waals surface area contributed by atoms with E-state index in [1.165, 1.54) is 11.2 Å². The molecule has 9 heteroatoms. The van der Waals surface area contributed by atoms with Gasteiger partial charge < -0.3 is 5.32 Å². The Morgan fingerprint density at radius 1 is 1.11 bits per heavy atom. The first kappa shape index (κ1) is 18.7. The Bertz CT molecular complexity index is 916. The van der Waals surface area contributed by atoms with Crippen molar-refractivity contribution in [3.8, 4) is 11.3 Å². The van der Waals surface area contributed by atoms with E-state index < -0.39 is 12.7 Å². The number of rotatable bonds is 5. The van der Waals surface area contributed by atoms with Gasteiger partial charge in [0.25, 0.3) is 5.78 Å². The second kappa shape index (κ2) is 7.75. The van der Waals surface area contributed by atoms with Crippen LogP contribution < -0.4 is 5.32 Å². The Hall–Kier alpha value is -2.68. The number of halogens is 3. The van der Waals surface area contributed by atoms with Crippen LogP contribution in [0.25, 0.3) is 17.0 Å². The second-order valence-corrected chi connectivity index (χ2v) is 7.08. The van der Waals surface area contributed by atoms with E-state index in [0.717, 1.165) is 29.9 Å². The molecule has 1 aliphatic heterocycles. The highest BCUT2D eigenvalue weighted by Gasteiger charge is 2.32. The third-order valence-electron chi connectivity index (χ3n) is 5.00. The molecule has 0 spiro atoms. The number of nitrogens with one attached hydrogen (secondary N) is 1. The Kier molecular flexibility index (Phi) is 5.17. The first-order valence-electron chi connectivity index (χ1n) is 9.27. The van der Waals surface area contributed by atoms with Crippen molar-refractivity contribution in [3.63, 3.8) is 0 Å². The standard InChI is InChI=1S/C19H21F3N6/c20-19(21,22)12-27-8-6-14(7-9-27)11-23-17-10-16(15-4-2-1-3-5-15)26-18-24-13-25-28(17)18/h1-5,10,13-14,23H,6-9,11-12H2. The van der Waals surface area contributed by atoms with Gasteiger partial charge in [-0.15, -0.1) is 0 Å². The van der Waals surface area contributed by atoms with Crippen LogP contribution in [0.2, 0.25) is 0 Å². The van der Waals surface area contributed by atoms with Crippen LogP contribution in [-0.4, -0.2) is 56.8 Å². The summed E-state index contributed by atoms with van der Waals surface area (Å²) in [4.78, 5) is 10.2. The third kappa shape index (κ3) is 4.41. The maximum atomic E-state index is 12.5. The highest BCUT2D eigenvalue weighted by Crippen LogP contribution is 2.24. The van der Waals surface area contributed by atoms with Crippen molar-refractivity contribution >= 4 is 11.6 Å². The highest BCUT2D eigenvalue weighted by molar-refractivity contribution is 5.65. The van der Waals surface area contributed by atoms with E-state index in [2.05, 4.69) is 20.4 Å². The van der Waals surface area contributed by atoms with E-state index in [1.807, 2.05) is 36.4 Å². The summed E-state index contributed by atoms with van der Waals surface area (Å²) in [5.41, 5.74) is 1.78. The zero-order chi connectivity index (χ0) is 19.6. The van der Waals surface area contributed by atoms with Gasteiger partial charge in [-0.05, 0) is 31.8 Å². The van der Waals surface area contributed by atoms with Gasteiger partial charge in [0.2, 0.25) is 0 Å². The smallest absolute Gasteiger partial charge is 0.370 e. The fourth-order valence-electron chi connectivity index (χ4n) is 3.55. The highest BCUT2D eigenvalue weighted by atomic mass is 19.4. The fraction of sp³-hybridized carbons (Fsp3) is 0.421. The Balaban J connectivity index is 1.43. The summed E-state index contributed by atoms with van der Waals surface area (Å²) < 4.78 is 39.2. The van der Waals surface area contributed by atoms with Crippen LogP contribution in [-0.2, 0) is 0 Å². The molecule has 3 heterocycles. The van der Waals surface area contributed by atoms with Gasteiger partial charge in [-0.2, -0.15) is 27.8 Å². The van der Waals surface area contributed by atoms with E-state index >= 15 is 0 Å². The molecule has 0 unspecified atom stereocenters. The molecule has 1 fully saturated rings. The summed E-state index contributed by atoms with van der Waals surface area (Å²) in [6.07, 6.45) is -1.20. The van der Waals surface area contributed by atoms with Crippen LogP contribution in [0.5, 0.6) is 0 Å². The van der Waals surface area contributed by atoms with Gasteiger partial charge in [-0.25, -0.2) is 4.98 Å². The number of aromatic nitrogens is 4. The molecule has 6 nitrogen and oxygen atoms in total. The van der Waals surface area contributed by atoms with Crippen molar-refractivity contribution in [1.29, 1.82) is 0 Å². The quantitative estimate of drug-likeness (QED) is 0.723. The van der Waals surface area contributed by atoms with E-state index in [1.54, 1.807) is 4.52 Å². The molecule has 4 rings (SSSR count). The number of hydrogen-bond donors (Lipinski definition) is 1. The van der Waals surface area contributed by atoms with Gasteiger partial charge in [-0.3, -0.25) is 4.90 Å². The van der Waals surface area contributed by atoms with Crippen LogP contribution in [0.4, 0.5) is 19.0 Å². The summed E-state index contributed by atoms with van der Waals surface area (Å²) in [7, 11) is 0. The van der Waals surface area contributed by atoms with E-state index in [-0.39, 0.29) is 0 Å².